The Bertz CT molecular complexity index is 830. The minimum Gasteiger partial charge on any atom is -0.455 e. The molecule has 0 heterocycles. The summed E-state index contributed by atoms with van der Waals surface area (Å²) < 4.78 is 6.70. The largest absolute Gasteiger partial charge is 0.455 e. The van der Waals surface area contributed by atoms with E-state index in [4.69, 9.17) is 16.3 Å². The molecule has 0 aromatic heterocycles. The second-order valence-electron chi connectivity index (χ2n) is 4.47. The maximum absolute atomic E-state index is 11.2. The van der Waals surface area contributed by atoms with Crippen LogP contribution < -0.4 is 4.74 Å². The molecule has 0 aliphatic carbocycles. The number of fused-ring (bicyclic) bond motifs is 1. The van der Waals surface area contributed by atoms with Gasteiger partial charge in [-0.3, -0.25) is 4.79 Å². The summed E-state index contributed by atoms with van der Waals surface area (Å²) in [6, 6.07) is 16.9. The van der Waals surface area contributed by atoms with E-state index in [0.717, 1.165) is 15.2 Å². The summed E-state index contributed by atoms with van der Waals surface area (Å²) in [6.07, 6.45) is 0.701. The molecule has 2 nitrogen and oxygen atoms in total. The van der Waals surface area contributed by atoms with E-state index in [-0.39, 0.29) is 0 Å². The van der Waals surface area contributed by atoms with Crippen molar-refractivity contribution in [3.8, 4) is 11.5 Å². The van der Waals surface area contributed by atoms with Crippen LogP contribution in [-0.2, 0) is 0 Å². The van der Waals surface area contributed by atoms with Gasteiger partial charge in [0.2, 0.25) is 0 Å². The maximum atomic E-state index is 11.2. The van der Waals surface area contributed by atoms with Gasteiger partial charge in [0.15, 0.2) is 6.29 Å². The molecule has 0 amide bonds. The van der Waals surface area contributed by atoms with Gasteiger partial charge in [0.1, 0.15) is 11.5 Å². The van der Waals surface area contributed by atoms with Crippen LogP contribution in [0.2, 0.25) is 5.02 Å². The lowest BCUT2D eigenvalue weighted by atomic mass is 10.1. The summed E-state index contributed by atoms with van der Waals surface area (Å²) in [6.45, 7) is 0. The number of hydrogen-bond donors (Lipinski definition) is 0. The zero-order valence-corrected chi connectivity index (χ0v) is 13.2. The highest BCUT2D eigenvalue weighted by molar-refractivity contribution is 9.10. The Labute approximate surface area is 135 Å². The fourth-order valence-corrected chi connectivity index (χ4v) is 2.92. The highest BCUT2D eigenvalue weighted by atomic mass is 79.9. The average molecular weight is 362 g/mol. The van der Waals surface area contributed by atoms with Crippen LogP contribution in [0.25, 0.3) is 10.8 Å². The molecule has 0 spiro atoms. The Morgan fingerprint density at radius 1 is 0.952 bits per heavy atom. The molecule has 3 aromatic rings. The molecule has 3 aromatic carbocycles. The molecule has 104 valence electrons. The highest BCUT2D eigenvalue weighted by Gasteiger charge is 2.11. The molecule has 0 saturated carbocycles. The number of carbonyl (C=O) groups is 1. The molecule has 0 bridgehead atoms. The Morgan fingerprint density at radius 3 is 2.57 bits per heavy atom. The number of aldehydes is 1. The maximum Gasteiger partial charge on any atom is 0.155 e. The van der Waals surface area contributed by atoms with Gasteiger partial charge in [-0.15, -0.1) is 0 Å². The van der Waals surface area contributed by atoms with Gasteiger partial charge in [-0.1, -0.05) is 48.0 Å². The van der Waals surface area contributed by atoms with Crippen molar-refractivity contribution in [1.82, 2.24) is 0 Å². The lowest BCUT2D eigenvalue weighted by Crippen LogP contribution is -1.92. The molecule has 21 heavy (non-hydrogen) atoms. The van der Waals surface area contributed by atoms with Gasteiger partial charge in [-0.25, -0.2) is 0 Å². The lowest BCUT2D eigenvalue weighted by Gasteiger charge is -2.12. The predicted octanol–water partition coefficient (Wildman–Crippen LogP) is 5.86. The minimum atomic E-state index is 0.347. The van der Waals surface area contributed by atoms with Gasteiger partial charge in [0.05, 0.1) is 15.1 Å². The summed E-state index contributed by atoms with van der Waals surface area (Å²) in [5, 5.41) is 2.53. The molecule has 0 fully saturated rings. The Kier molecular flexibility index (Phi) is 3.95. The third-order valence-corrected chi connectivity index (χ3v) is 4.33. The smallest absolute Gasteiger partial charge is 0.155 e. The zero-order valence-electron chi connectivity index (χ0n) is 10.8. The van der Waals surface area contributed by atoms with Crippen LogP contribution in [0.5, 0.6) is 11.5 Å². The van der Waals surface area contributed by atoms with Crippen molar-refractivity contribution in [3.63, 3.8) is 0 Å². The first-order valence-electron chi connectivity index (χ1n) is 6.29. The van der Waals surface area contributed by atoms with Crippen LogP contribution in [0, 0.1) is 0 Å². The molecular formula is C17H10BrClO2. The first-order chi connectivity index (χ1) is 10.2. The van der Waals surface area contributed by atoms with Gasteiger partial charge in [-0.05, 0) is 44.9 Å². The quantitative estimate of drug-likeness (QED) is 0.546. The number of benzene rings is 3. The van der Waals surface area contributed by atoms with Gasteiger partial charge in [0, 0.05) is 0 Å². The van der Waals surface area contributed by atoms with E-state index in [9.17, 15) is 4.79 Å². The Hall–Kier alpha value is -1.84. The second-order valence-corrected chi connectivity index (χ2v) is 5.67. The number of hydrogen-bond acceptors (Lipinski definition) is 2. The van der Waals surface area contributed by atoms with Gasteiger partial charge >= 0.3 is 0 Å². The van der Waals surface area contributed by atoms with Crippen molar-refractivity contribution < 1.29 is 9.53 Å². The molecule has 4 heteroatoms. The van der Waals surface area contributed by atoms with E-state index >= 15 is 0 Å². The van der Waals surface area contributed by atoms with E-state index in [1.165, 1.54) is 0 Å². The van der Waals surface area contributed by atoms with Crippen molar-refractivity contribution in [2.45, 2.75) is 0 Å². The first-order valence-corrected chi connectivity index (χ1v) is 7.46. The fraction of sp³-hybridized carbons (Fsp3) is 0. The first kappa shape index (κ1) is 14.1. The van der Waals surface area contributed by atoms with E-state index in [1.807, 2.05) is 36.4 Å². The molecule has 0 unspecified atom stereocenters. The molecule has 0 aliphatic heterocycles. The van der Waals surface area contributed by atoms with Crippen LogP contribution in [0.1, 0.15) is 10.4 Å². The summed E-state index contributed by atoms with van der Waals surface area (Å²) in [5.74, 6) is 1.08. The van der Waals surface area contributed by atoms with E-state index in [2.05, 4.69) is 15.9 Å². The van der Waals surface area contributed by atoms with Crippen molar-refractivity contribution >= 4 is 44.6 Å². The standard InChI is InChI=1S/C17H10BrClO2/c18-17-12-5-2-1-4-11(12)8-9-16(17)21-15-7-3-6-14(19)13(15)10-20/h1-10H. The number of ether oxygens (including phenoxy) is 1. The fourth-order valence-electron chi connectivity index (χ4n) is 2.13. The van der Waals surface area contributed by atoms with Crippen molar-refractivity contribution in [3.05, 3.63) is 69.7 Å². The van der Waals surface area contributed by atoms with Crippen molar-refractivity contribution in [2.24, 2.45) is 0 Å². The van der Waals surface area contributed by atoms with E-state index < -0.39 is 0 Å². The molecular weight excluding hydrogens is 352 g/mol. The third kappa shape index (κ3) is 2.67. The molecule has 0 saturated heterocycles. The van der Waals surface area contributed by atoms with Crippen molar-refractivity contribution in [1.29, 1.82) is 0 Å². The van der Waals surface area contributed by atoms with Crippen LogP contribution >= 0.6 is 27.5 Å². The highest BCUT2D eigenvalue weighted by Crippen LogP contribution is 2.37. The Balaban J connectivity index is 2.09. The number of carbonyl (C=O) groups excluding carboxylic acids is 1. The molecule has 0 atom stereocenters. The van der Waals surface area contributed by atoms with E-state index in [1.54, 1.807) is 18.2 Å². The van der Waals surface area contributed by atoms with Crippen LogP contribution in [0.3, 0.4) is 0 Å². The monoisotopic (exact) mass is 360 g/mol. The van der Waals surface area contributed by atoms with Crippen LogP contribution in [0.15, 0.2) is 59.1 Å². The summed E-state index contributed by atoms with van der Waals surface area (Å²) >= 11 is 9.57. The number of halogens is 2. The number of rotatable bonds is 3. The topological polar surface area (TPSA) is 26.3 Å². The lowest BCUT2D eigenvalue weighted by molar-refractivity contribution is 0.112. The summed E-state index contributed by atoms with van der Waals surface area (Å²) in [5.41, 5.74) is 0.347. The van der Waals surface area contributed by atoms with Crippen LogP contribution in [-0.4, -0.2) is 6.29 Å². The molecule has 0 radical (unpaired) electrons. The van der Waals surface area contributed by atoms with Gasteiger partial charge in [0.25, 0.3) is 0 Å². The van der Waals surface area contributed by atoms with Gasteiger partial charge in [-0.2, -0.15) is 0 Å². The van der Waals surface area contributed by atoms with Gasteiger partial charge < -0.3 is 4.74 Å². The van der Waals surface area contributed by atoms with Crippen LogP contribution in [0.4, 0.5) is 0 Å². The normalized spacial score (nSPS) is 10.6. The Morgan fingerprint density at radius 2 is 1.76 bits per heavy atom. The molecule has 0 aliphatic rings. The second kappa shape index (κ2) is 5.88. The molecule has 0 N–H and O–H groups in total. The predicted molar refractivity (Wildman–Crippen MR) is 88.6 cm³/mol. The average Bonchev–Trinajstić information content (AvgIpc) is 2.50. The summed E-state index contributed by atoms with van der Waals surface area (Å²) in [4.78, 5) is 11.2. The third-order valence-electron chi connectivity index (χ3n) is 3.18. The molecule has 3 rings (SSSR count). The summed E-state index contributed by atoms with van der Waals surface area (Å²) in [7, 11) is 0. The van der Waals surface area contributed by atoms with Crippen molar-refractivity contribution in [2.75, 3.05) is 0 Å². The SMILES string of the molecule is O=Cc1c(Cl)cccc1Oc1ccc2ccccc2c1Br. The zero-order chi connectivity index (χ0) is 14.8. The minimum absolute atomic E-state index is 0.347. The van der Waals surface area contributed by atoms with E-state index in [0.29, 0.717) is 28.4 Å².